The van der Waals surface area contributed by atoms with E-state index in [1.807, 2.05) is 60.8 Å². The van der Waals surface area contributed by atoms with Crippen molar-refractivity contribution >= 4 is 44.5 Å². The molecule has 0 radical (unpaired) electrons. The third-order valence-electron chi connectivity index (χ3n) is 3.89. The molecule has 0 aliphatic heterocycles. The quantitative estimate of drug-likeness (QED) is 0.445. The molecule has 0 atom stereocenters. The molecule has 2 amide bonds. The average molecular weight is 408 g/mol. The molecule has 4 rings (SSSR count). The van der Waals surface area contributed by atoms with E-state index in [1.165, 1.54) is 6.33 Å². The van der Waals surface area contributed by atoms with E-state index >= 15 is 0 Å². The maximum Gasteiger partial charge on any atom is 0.324 e. The zero-order valence-electron chi connectivity index (χ0n) is 13.5. The molecule has 3 N–H and O–H groups in total. The largest absolute Gasteiger partial charge is 0.345 e. The van der Waals surface area contributed by atoms with Crippen LogP contribution in [0.25, 0.3) is 22.2 Å². The van der Waals surface area contributed by atoms with Crippen molar-refractivity contribution in [3.8, 4) is 11.1 Å². The van der Waals surface area contributed by atoms with E-state index in [0.29, 0.717) is 17.2 Å². The third-order valence-corrected chi connectivity index (χ3v) is 4.42. The summed E-state index contributed by atoms with van der Waals surface area (Å²) in [5, 5.41) is 6.36. The van der Waals surface area contributed by atoms with Gasteiger partial charge in [-0.2, -0.15) is 0 Å². The van der Waals surface area contributed by atoms with Crippen LogP contribution in [0.15, 0.2) is 71.6 Å². The number of rotatable bonds is 3. The van der Waals surface area contributed by atoms with Crippen molar-refractivity contribution < 1.29 is 4.79 Å². The van der Waals surface area contributed by atoms with Crippen molar-refractivity contribution in [3.63, 3.8) is 0 Å². The molecular formula is C19H14BrN5O. The van der Waals surface area contributed by atoms with Crippen LogP contribution in [-0.4, -0.2) is 21.0 Å². The molecule has 0 bridgehead atoms. The first-order valence-electron chi connectivity index (χ1n) is 7.92. The summed E-state index contributed by atoms with van der Waals surface area (Å²) in [5.74, 6) is 0.447. The van der Waals surface area contributed by atoms with Crippen LogP contribution in [0.3, 0.4) is 0 Å². The predicted octanol–water partition coefficient (Wildman–Crippen LogP) is 5.03. The van der Waals surface area contributed by atoms with Gasteiger partial charge in [-0.05, 0) is 29.8 Å². The topological polar surface area (TPSA) is 82.7 Å². The van der Waals surface area contributed by atoms with Gasteiger partial charge in [0, 0.05) is 21.9 Å². The van der Waals surface area contributed by atoms with Crippen LogP contribution < -0.4 is 10.6 Å². The fourth-order valence-electron chi connectivity index (χ4n) is 2.71. The number of H-pyrrole nitrogens is 1. The van der Waals surface area contributed by atoms with Crippen LogP contribution in [0.2, 0.25) is 0 Å². The van der Waals surface area contributed by atoms with Gasteiger partial charge in [-0.25, -0.2) is 14.8 Å². The Bertz CT molecular complexity index is 1060. The standard InChI is InChI=1S/C19H14BrN5O/c20-13-8-6-12(7-9-13)15-10-21-17-16(15)18(23-11-22-17)25-19(26)24-14-4-2-1-3-5-14/h1-11H,(H3,21,22,23,24,25,26). The molecule has 0 fully saturated rings. The van der Waals surface area contributed by atoms with Crippen molar-refractivity contribution in [3.05, 3.63) is 71.6 Å². The zero-order chi connectivity index (χ0) is 17.9. The summed E-state index contributed by atoms with van der Waals surface area (Å²) in [6.07, 6.45) is 3.28. The van der Waals surface area contributed by atoms with Gasteiger partial charge in [0.25, 0.3) is 0 Å². The summed E-state index contributed by atoms with van der Waals surface area (Å²) in [7, 11) is 0. The summed E-state index contributed by atoms with van der Waals surface area (Å²) < 4.78 is 0.998. The van der Waals surface area contributed by atoms with Crippen LogP contribution in [-0.2, 0) is 0 Å². The van der Waals surface area contributed by atoms with Gasteiger partial charge in [0.1, 0.15) is 17.8 Å². The van der Waals surface area contributed by atoms with Crippen molar-refractivity contribution in [2.24, 2.45) is 0 Å². The van der Waals surface area contributed by atoms with Gasteiger partial charge in [0.15, 0.2) is 0 Å². The Labute approximate surface area is 157 Å². The number of aromatic nitrogens is 3. The highest BCUT2D eigenvalue weighted by atomic mass is 79.9. The Balaban J connectivity index is 1.68. The number of anilines is 2. The lowest BCUT2D eigenvalue weighted by atomic mass is 10.1. The van der Waals surface area contributed by atoms with Gasteiger partial charge < -0.3 is 10.3 Å². The van der Waals surface area contributed by atoms with Gasteiger partial charge in [0.2, 0.25) is 0 Å². The normalized spacial score (nSPS) is 10.7. The van der Waals surface area contributed by atoms with Crippen LogP contribution in [0.5, 0.6) is 0 Å². The van der Waals surface area contributed by atoms with Gasteiger partial charge in [-0.15, -0.1) is 0 Å². The van der Waals surface area contributed by atoms with Gasteiger partial charge in [-0.3, -0.25) is 5.32 Å². The van der Waals surface area contributed by atoms with Crippen molar-refractivity contribution in [2.75, 3.05) is 10.6 Å². The van der Waals surface area contributed by atoms with Crippen LogP contribution in [0.1, 0.15) is 0 Å². The first-order chi connectivity index (χ1) is 12.7. The first-order valence-corrected chi connectivity index (χ1v) is 8.71. The number of aromatic amines is 1. The maximum atomic E-state index is 12.3. The number of carbonyl (C=O) groups is 1. The molecule has 4 aromatic rings. The molecule has 7 heteroatoms. The van der Waals surface area contributed by atoms with Crippen molar-refractivity contribution in [1.82, 2.24) is 15.0 Å². The number of fused-ring (bicyclic) bond motifs is 1. The fourth-order valence-corrected chi connectivity index (χ4v) is 2.97. The minimum atomic E-state index is -0.362. The van der Waals surface area contributed by atoms with E-state index in [1.54, 1.807) is 0 Å². The number of halogens is 1. The summed E-state index contributed by atoms with van der Waals surface area (Å²) >= 11 is 3.44. The lowest BCUT2D eigenvalue weighted by Gasteiger charge is -2.09. The monoisotopic (exact) mass is 407 g/mol. The second-order valence-corrected chi connectivity index (χ2v) is 6.52. The smallest absolute Gasteiger partial charge is 0.324 e. The first kappa shape index (κ1) is 16.3. The zero-order valence-corrected chi connectivity index (χ0v) is 15.1. The average Bonchev–Trinajstić information content (AvgIpc) is 3.08. The fraction of sp³-hybridized carbons (Fsp3) is 0. The Morgan fingerprint density at radius 2 is 1.73 bits per heavy atom. The molecule has 0 aliphatic carbocycles. The lowest BCUT2D eigenvalue weighted by molar-refractivity contribution is 0.262. The number of amides is 2. The SMILES string of the molecule is O=C(Nc1ccccc1)Nc1ncnc2[nH]cc(-c3ccc(Br)cc3)c12. The molecule has 0 spiro atoms. The predicted molar refractivity (Wildman–Crippen MR) is 106 cm³/mol. The van der Waals surface area contributed by atoms with E-state index in [0.717, 1.165) is 21.0 Å². The van der Waals surface area contributed by atoms with Gasteiger partial charge in [-0.1, -0.05) is 46.3 Å². The van der Waals surface area contributed by atoms with Crippen LogP contribution in [0, 0.1) is 0 Å². The molecule has 0 saturated heterocycles. The Morgan fingerprint density at radius 1 is 0.962 bits per heavy atom. The second-order valence-electron chi connectivity index (χ2n) is 5.60. The van der Waals surface area contributed by atoms with E-state index in [-0.39, 0.29) is 6.03 Å². The Morgan fingerprint density at radius 3 is 2.50 bits per heavy atom. The highest BCUT2D eigenvalue weighted by Crippen LogP contribution is 2.32. The minimum absolute atomic E-state index is 0.362. The molecule has 2 heterocycles. The molecule has 26 heavy (non-hydrogen) atoms. The number of hydrogen-bond donors (Lipinski definition) is 3. The number of benzene rings is 2. The van der Waals surface area contributed by atoms with Gasteiger partial charge in [0.05, 0.1) is 5.39 Å². The number of carbonyl (C=O) groups excluding carboxylic acids is 1. The lowest BCUT2D eigenvalue weighted by Crippen LogP contribution is -2.20. The Hall–Kier alpha value is -3.19. The summed E-state index contributed by atoms with van der Waals surface area (Å²) in [6.45, 7) is 0. The van der Waals surface area contributed by atoms with Crippen molar-refractivity contribution in [2.45, 2.75) is 0 Å². The van der Waals surface area contributed by atoms with Gasteiger partial charge >= 0.3 is 6.03 Å². The number of nitrogens with zero attached hydrogens (tertiary/aromatic N) is 2. The molecule has 0 saturated carbocycles. The number of para-hydroxylation sites is 1. The number of urea groups is 1. The molecule has 128 valence electrons. The molecule has 0 unspecified atom stereocenters. The molecule has 0 aliphatic rings. The second kappa shape index (κ2) is 6.97. The summed E-state index contributed by atoms with van der Waals surface area (Å²) in [6, 6.07) is 16.8. The summed E-state index contributed by atoms with van der Waals surface area (Å²) in [5.41, 5.74) is 3.29. The maximum absolute atomic E-state index is 12.3. The van der Waals surface area contributed by atoms with E-state index in [4.69, 9.17) is 0 Å². The van der Waals surface area contributed by atoms with Crippen LogP contribution in [0.4, 0.5) is 16.3 Å². The minimum Gasteiger partial charge on any atom is -0.345 e. The third kappa shape index (κ3) is 3.29. The Kier molecular flexibility index (Phi) is 4.37. The highest BCUT2D eigenvalue weighted by molar-refractivity contribution is 9.10. The molecule has 2 aromatic heterocycles. The summed E-state index contributed by atoms with van der Waals surface area (Å²) in [4.78, 5) is 24.0. The highest BCUT2D eigenvalue weighted by Gasteiger charge is 2.14. The van der Waals surface area contributed by atoms with E-state index < -0.39 is 0 Å². The van der Waals surface area contributed by atoms with E-state index in [2.05, 4.69) is 41.5 Å². The number of hydrogen-bond acceptors (Lipinski definition) is 3. The van der Waals surface area contributed by atoms with Crippen LogP contribution >= 0.6 is 15.9 Å². The molecule has 6 nitrogen and oxygen atoms in total. The van der Waals surface area contributed by atoms with Crippen molar-refractivity contribution in [1.29, 1.82) is 0 Å². The van der Waals surface area contributed by atoms with E-state index in [9.17, 15) is 4.79 Å². The number of nitrogens with one attached hydrogen (secondary N) is 3. The molecule has 2 aromatic carbocycles. The molecular weight excluding hydrogens is 394 g/mol.